The van der Waals surface area contributed by atoms with Crippen molar-refractivity contribution in [3.63, 3.8) is 0 Å². The molecule has 0 aromatic heterocycles. The number of amides is 1. The summed E-state index contributed by atoms with van der Waals surface area (Å²) in [6, 6.07) is 0.578. The smallest absolute Gasteiger partial charge is 0.236 e. The standard InChI is InChI=1S/C16H31N3O2/c1-18(2)16(21)12-19-8-6-14(7-9-19)17-11-13-4-3-5-15(20)10-13/h13-15,17,20H,3-12H2,1-2H3. The van der Waals surface area contributed by atoms with Crippen LogP contribution in [0.2, 0.25) is 0 Å². The summed E-state index contributed by atoms with van der Waals surface area (Å²) in [4.78, 5) is 15.6. The molecule has 2 aliphatic rings. The molecule has 0 aromatic carbocycles. The Hall–Kier alpha value is -0.650. The zero-order valence-corrected chi connectivity index (χ0v) is 13.6. The lowest BCUT2D eigenvalue weighted by molar-refractivity contribution is -0.130. The summed E-state index contributed by atoms with van der Waals surface area (Å²) in [5.41, 5.74) is 0. The monoisotopic (exact) mass is 297 g/mol. The summed E-state index contributed by atoms with van der Waals surface area (Å²) in [5, 5.41) is 13.4. The molecule has 1 saturated heterocycles. The first-order valence-electron chi connectivity index (χ1n) is 8.38. The maximum Gasteiger partial charge on any atom is 0.236 e. The molecule has 1 aliphatic heterocycles. The Kier molecular flexibility index (Phi) is 6.45. The molecule has 0 bridgehead atoms. The van der Waals surface area contributed by atoms with Gasteiger partial charge in [0, 0.05) is 33.2 Å². The number of likely N-dealkylation sites (N-methyl/N-ethyl adjacent to an activating group) is 1. The summed E-state index contributed by atoms with van der Waals surface area (Å²) < 4.78 is 0. The second-order valence-corrected chi connectivity index (χ2v) is 6.93. The van der Waals surface area contributed by atoms with Crippen LogP contribution in [0, 0.1) is 5.92 Å². The molecular weight excluding hydrogens is 266 g/mol. The van der Waals surface area contributed by atoms with Gasteiger partial charge < -0.3 is 15.3 Å². The second-order valence-electron chi connectivity index (χ2n) is 6.93. The molecule has 5 nitrogen and oxygen atoms in total. The Morgan fingerprint density at radius 2 is 1.95 bits per heavy atom. The predicted octanol–water partition coefficient (Wildman–Crippen LogP) is 0.680. The van der Waals surface area contributed by atoms with Crippen molar-refractivity contribution in [2.75, 3.05) is 40.3 Å². The highest BCUT2D eigenvalue weighted by molar-refractivity contribution is 5.77. The molecule has 122 valence electrons. The van der Waals surface area contributed by atoms with E-state index in [2.05, 4.69) is 10.2 Å². The van der Waals surface area contributed by atoms with Crippen molar-refractivity contribution >= 4 is 5.91 Å². The quantitative estimate of drug-likeness (QED) is 0.783. The minimum absolute atomic E-state index is 0.0792. The van der Waals surface area contributed by atoms with Crippen molar-refractivity contribution in [1.82, 2.24) is 15.1 Å². The van der Waals surface area contributed by atoms with E-state index in [1.54, 1.807) is 4.90 Å². The minimum Gasteiger partial charge on any atom is -0.393 e. The van der Waals surface area contributed by atoms with E-state index in [-0.39, 0.29) is 12.0 Å². The van der Waals surface area contributed by atoms with Crippen molar-refractivity contribution < 1.29 is 9.90 Å². The fraction of sp³-hybridized carbons (Fsp3) is 0.938. The van der Waals surface area contributed by atoms with Crippen LogP contribution >= 0.6 is 0 Å². The molecule has 2 N–H and O–H groups in total. The van der Waals surface area contributed by atoms with E-state index in [1.807, 2.05) is 14.1 Å². The highest BCUT2D eigenvalue weighted by Crippen LogP contribution is 2.24. The van der Waals surface area contributed by atoms with Crippen LogP contribution in [0.3, 0.4) is 0 Å². The molecule has 0 aromatic rings. The van der Waals surface area contributed by atoms with Crippen molar-refractivity contribution in [2.24, 2.45) is 5.92 Å². The van der Waals surface area contributed by atoms with Crippen LogP contribution in [-0.2, 0) is 4.79 Å². The first-order valence-corrected chi connectivity index (χ1v) is 8.38. The van der Waals surface area contributed by atoms with Crippen molar-refractivity contribution in [1.29, 1.82) is 0 Å². The Bertz CT molecular complexity index is 327. The number of nitrogens with one attached hydrogen (secondary N) is 1. The predicted molar refractivity (Wildman–Crippen MR) is 84.1 cm³/mol. The number of hydrogen-bond donors (Lipinski definition) is 2. The summed E-state index contributed by atoms with van der Waals surface area (Å²) in [5.74, 6) is 0.833. The van der Waals surface area contributed by atoms with Gasteiger partial charge in [-0.25, -0.2) is 0 Å². The van der Waals surface area contributed by atoms with Gasteiger partial charge >= 0.3 is 0 Å². The van der Waals surface area contributed by atoms with E-state index < -0.39 is 0 Å². The number of aliphatic hydroxyl groups excluding tert-OH is 1. The van der Waals surface area contributed by atoms with Crippen molar-refractivity contribution in [2.45, 2.75) is 50.7 Å². The molecule has 1 heterocycles. The molecule has 0 radical (unpaired) electrons. The van der Waals surface area contributed by atoms with Crippen LogP contribution in [-0.4, -0.2) is 73.2 Å². The lowest BCUT2D eigenvalue weighted by Gasteiger charge is -2.34. The van der Waals surface area contributed by atoms with Crippen LogP contribution in [0.4, 0.5) is 0 Å². The van der Waals surface area contributed by atoms with Gasteiger partial charge in [0.1, 0.15) is 0 Å². The third-order valence-corrected chi connectivity index (χ3v) is 4.90. The Morgan fingerprint density at radius 3 is 2.57 bits per heavy atom. The lowest BCUT2D eigenvalue weighted by atomic mass is 9.87. The van der Waals surface area contributed by atoms with E-state index in [4.69, 9.17) is 0 Å². The van der Waals surface area contributed by atoms with Gasteiger partial charge in [0.25, 0.3) is 0 Å². The van der Waals surface area contributed by atoms with Crippen molar-refractivity contribution in [3.05, 3.63) is 0 Å². The summed E-state index contributed by atoms with van der Waals surface area (Å²) in [7, 11) is 3.63. The van der Waals surface area contributed by atoms with E-state index >= 15 is 0 Å². The number of carbonyl (C=O) groups excluding carboxylic acids is 1. The number of piperidine rings is 1. The Labute approximate surface area is 128 Å². The summed E-state index contributed by atoms with van der Waals surface area (Å²) in [6.45, 7) is 3.60. The van der Waals surface area contributed by atoms with Gasteiger partial charge in [0.05, 0.1) is 12.6 Å². The fourth-order valence-electron chi connectivity index (χ4n) is 3.41. The molecule has 5 heteroatoms. The third-order valence-electron chi connectivity index (χ3n) is 4.90. The average molecular weight is 297 g/mol. The molecule has 2 rings (SSSR count). The minimum atomic E-state index is -0.0792. The van der Waals surface area contributed by atoms with Crippen LogP contribution in [0.15, 0.2) is 0 Å². The molecule has 1 aliphatic carbocycles. The maximum atomic E-state index is 11.7. The summed E-state index contributed by atoms with van der Waals surface area (Å²) in [6.07, 6.45) is 6.52. The van der Waals surface area contributed by atoms with Gasteiger partial charge in [0.2, 0.25) is 5.91 Å². The van der Waals surface area contributed by atoms with Gasteiger partial charge in [-0.3, -0.25) is 9.69 Å². The van der Waals surface area contributed by atoms with E-state index in [0.29, 0.717) is 18.5 Å². The highest BCUT2D eigenvalue weighted by atomic mass is 16.3. The van der Waals surface area contributed by atoms with Gasteiger partial charge in [-0.1, -0.05) is 6.42 Å². The summed E-state index contributed by atoms with van der Waals surface area (Å²) >= 11 is 0. The lowest BCUT2D eigenvalue weighted by Crippen LogP contribution is -2.47. The third kappa shape index (κ3) is 5.57. The number of hydrogen-bond acceptors (Lipinski definition) is 4. The van der Waals surface area contributed by atoms with Crippen LogP contribution in [0.25, 0.3) is 0 Å². The Morgan fingerprint density at radius 1 is 1.24 bits per heavy atom. The van der Waals surface area contributed by atoms with Gasteiger partial charge in [-0.15, -0.1) is 0 Å². The number of likely N-dealkylation sites (tertiary alicyclic amines) is 1. The molecule has 2 atom stereocenters. The number of rotatable bonds is 5. The Balaban J connectivity index is 1.61. The zero-order chi connectivity index (χ0) is 15.2. The SMILES string of the molecule is CN(C)C(=O)CN1CCC(NCC2CCCC(O)C2)CC1. The second kappa shape index (κ2) is 8.11. The number of aliphatic hydroxyl groups is 1. The molecule has 2 fully saturated rings. The maximum absolute atomic E-state index is 11.7. The van der Waals surface area contributed by atoms with Crippen LogP contribution in [0.1, 0.15) is 38.5 Å². The van der Waals surface area contributed by atoms with E-state index in [0.717, 1.165) is 45.3 Å². The molecule has 1 saturated carbocycles. The van der Waals surface area contributed by atoms with Crippen LogP contribution in [0.5, 0.6) is 0 Å². The molecular formula is C16H31N3O2. The average Bonchev–Trinajstić information content (AvgIpc) is 2.46. The fourth-order valence-corrected chi connectivity index (χ4v) is 3.41. The first-order chi connectivity index (χ1) is 10.0. The van der Waals surface area contributed by atoms with Gasteiger partial charge in [-0.05, 0) is 44.6 Å². The highest BCUT2D eigenvalue weighted by Gasteiger charge is 2.24. The largest absolute Gasteiger partial charge is 0.393 e. The van der Waals surface area contributed by atoms with E-state index in [1.165, 1.54) is 12.8 Å². The number of carbonyl (C=O) groups is 1. The van der Waals surface area contributed by atoms with E-state index in [9.17, 15) is 9.90 Å². The molecule has 0 spiro atoms. The van der Waals surface area contributed by atoms with Gasteiger partial charge in [0.15, 0.2) is 0 Å². The zero-order valence-electron chi connectivity index (χ0n) is 13.6. The normalized spacial score (nSPS) is 28.5. The van der Waals surface area contributed by atoms with Gasteiger partial charge in [-0.2, -0.15) is 0 Å². The molecule has 21 heavy (non-hydrogen) atoms. The first kappa shape index (κ1) is 16.7. The van der Waals surface area contributed by atoms with Crippen molar-refractivity contribution in [3.8, 4) is 0 Å². The molecule has 2 unspecified atom stereocenters. The van der Waals surface area contributed by atoms with Crippen LogP contribution < -0.4 is 5.32 Å². The topological polar surface area (TPSA) is 55.8 Å². The molecule has 1 amide bonds. The number of nitrogens with zero attached hydrogens (tertiary/aromatic N) is 2.